The zero-order chi connectivity index (χ0) is 22.9. The SMILES string of the molecule is CO[Si](CNCCOC(=O)CCC(=O)OCCNC[Si](OC)(OC)OC)(OC)OC. The standard InChI is InChI=1S/C16H36N2O10Si2/c1-21-29(22-2,23-3)13-17-9-11-27-15(19)7-8-16(20)28-12-10-18-14-30(24-4,25-5)26-6/h17-18H,7-14H2,1-6H3. The minimum Gasteiger partial charge on any atom is -0.464 e. The molecular formula is C16H36N2O10Si2. The molecule has 0 atom stereocenters. The van der Waals surface area contributed by atoms with Gasteiger partial charge in [0.15, 0.2) is 0 Å². The number of nitrogens with one attached hydrogen (secondary N) is 2. The maximum absolute atomic E-state index is 11.7. The number of carbonyl (C=O) groups is 2. The predicted octanol–water partition coefficient (Wildman–Crippen LogP) is -1.13. The third kappa shape index (κ3) is 11.4. The third-order valence-corrected chi connectivity index (χ3v) is 9.26. The van der Waals surface area contributed by atoms with Gasteiger partial charge in [-0.25, -0.2) is 0 Å². The van der Waals surface area contributed by atoms with Crippen LogP contribution in [0.15, 0.2) is 0 Å². The molecule has 14 heteroatoms. The Hall–Kier alpha value is -0.946. The van der Waals surface area contributed by atoms with E-state index in [-0.39, 0.29) is 26.1 Å². The van der Waals surface area contributed by atoms with Crippen molar-refractivity contribution in [1.82, 2.24) is 10.6 Å². The zero-order valence-corrected chi connectivity index (χ0v) is 20.7. The Bertz CT molecular complexity index is 420. The molecule has 178 valence electrons. The highest BCUT2D eigenvalue weighted by atomic mass is 28.4. The second kappa shape index (κ2) is 16.7. The fraction of sp³-hybridized carbons (Fsp3) is 0.875. The number of ether oxygens (including phenoxy) is 2. The fourth-order valence-corrected chi connectivity index (χ4v) is 5.07. The fourth-order valence-electron chi connectivity index (χ4n) is 2.24. The van der Waals surface area contributed by atoms with Crippen LogP contribution in [-0.2, 0) is 45.6 Å². The van der Waals surface area contributed by atoms with E-state index in [1.165, 1.54) is 42.7 Å². The van der Waals surface area contributed by atoms with Crippen molar-refractivity contribution < 1.29 is 45.6 Å². The Kier molecular flexibility index (Phi) is 16.2. The summed E-state index contributed by atoms with van der Waals surface area (Å²) in [6, 6.07) is 0. The Balaban J connectivity index is 3.81. The molecule has 0 aliphatic heterocycles. The average Bonchev–Trinajstić information content (AvgIpc) is 2.78. The first-order valence-corrected chi connectivity index (χ1v) is 13.3. The van der Waals surface area contributed by atoms with Gasteiger partial charge in [0.2, 0.25) is 0 Å². The topological polar surface area (TPSA) is 132 Å². The minimum absolute atomic E-state index is 0.0494. The monoisotopic (exact) mass is 472 g/mol. The van der Waals surface area contributed by atoms with Crippen LogP contribution in [0.3, 0.4) is 0 Å². The molecule has 0 fully saturated rings. The van der Waals surface area contributed by atoms with Crippen molar-refractivity contribution in [2.75, 3.05) is 81.3 Å². The Morgan fingerprint density at radius 3 is 1.17 bits per heavy atom. The molecule has 0 unspecified atom stereocenters. The molecule has 0 saturated carbocycles. The molecule has 0 radical (unpaired) electrons. The summed E-state index contributed by atoms with van der Waals surface area (Å²) < 4.78 is 41.7. The van der Waals surface area contributed by atoms with Gasteiger partial charge in [0, 0.05) is 55.7 Å². The molecule has 0 aliphatic carbocycles. The van der Waals surface area contributed by atoms with Crippen molar-refractivity contribution in [2.24, 2.45) is 0 Å². The average molecular weight is 473 g/mol. The first-order valence-electron chi connectivity index (χ1n) is 9.40. The molecule has 0 saturated heterocycles. The van der Waals surface area contributed by atoms with Gasteiger partial charge < -0.3 is 46.7 Å². The quantitative estimate of drug-likeness (QED) is 0.134. The molecule has 0 amide bonds. The lowest BCUT2D eigenvalue weighted by Gasteiger charge is -2.24. The molecule has 0 rings (SSSR count). The summed E-state index contributed by atoms with van der Waals surface area (Å²) in [6.07, 6.45) is 0.673. The number of hydrogen-bond donors (Lipinski definition) is 2. The maximum Gasteiger partial charge on any atom is 0.514 e. The van der Waals surface area contributed by atoms with Crippen LogP contribution < -0.4 is 10.6 Å². The van der Waals surface area contributed by atoms with E-state index in [0.29, 0.717) is 25.4 Å². The molecular weight excluding hydrogens is 436 g/mol. The van der Waals surface area contributed by atoms with E-state index < -0.39 is 29.5 Å². The second-order valence-electron chi connectivity index (χ2n) is 5.89. The van der Waals surface area contributed by atoms with Gasteiger partial charge in [0.25, 0.3) is 0 Å². The van der Waals surface area contributed by atoms with Gasteiger partial charge in [-0.3, -0.25) is 9.59 Å². The zero-order valence-electron chi connectivity index (χ0n) is 18.7. The van der Waals surface area contributed by atoms with Gasteiger partial charge in [-0.15, -0.1) is 0 Å². The van der Waals surface area contributed by atoms with Crippen LogP contribution in [0, 0.1) is 0 Å². The molecule has 0 aliphatic rings. The minimum atomic E-state index is -2.70. The Labute approximate surface area is 180 Å². The van der Waals surface area contributed by atoms with Gasteiger partial charge in [-0.1, -0.05) is 0 Å². The molecule has 0 bridgehead atoms. The number of carbonyl (C=O) groups excluding carboxylic acids is 2. The Morgan fingerprint density at radius 2 is 0.900 bits per heavy atom. The van der Waals surface area contributed by atoms with Crippen LogP contribution in [0.4, 0.5) is 0 Å². The number of rotatable bonds is 19. The molecule has 12 nitrogen and oxygen atoms in total. The summed E-state index contributed by atoms with van der Waals surface area (Å²) in [4.78, 5) is 23.4. The smallest absolute Gasteiger partial charge is 0.464 e. The third-order valence-electron chi connectivity index (χ3n) is 4.17. The van der Waals surface area contributed by atoms with Crippen LogP contribution in [0.1, 0.15) is 12.8 Å². The molecule has 0 spiro atoms. The largest absolute Gasteiger partial charge is 0.514 e. The van der Waals surface area contributed by atoms with Crippen LogP contribution in [0.5, 0.6) is 0 Å². The summed E-state index contributed by atoms with van der Waals surface area (Å²) in [5.74, 6) is -0.951. The molecule has 0 aromatic carbocycles. The molecule has 2 N–H and O–H groups in total. The van der Waals surface area contributed by atoms with E-state index >= 15 is 0 Å². The Morgan fingerprint density at radius 1 is 0.600 bits per heavy atom. The number of esters is 2. The van der Waals surface area contributed by atoms with Crippen molar-refractivity contribution in [1.29, 1.82) is 0 Å². The molecule has 0 aromatic heterocycles. The normalized spacial score (nSPS) is 12.1. The highest BCUT2D eigenvalue weighted by Gasteiger charge is 2.38. The van der Waals surface area contributed by atoms with Gasteiger partial charge in [0.1, 0.15) is 13.2 Å². The van der Waals surface area contributed by atoms with Gasteiger partial charge in [-0.2, -0.15) is 0 Å². The van der Waals surface area contributed by atoms with E-state index in [1.807, 2.05) is 0 Å². The lowest BCUT2D eigenvalue weighted by atomic mass is 10.3. The van der Waals surface area contributed by atoms with Crippen LogP contribution in [0.2, 0.25) is 0 Å². The number of hydrogen-bond acceptors (Lipinski definition) is 12. The maximum atomic E-state index is 11.7. The lowest BCUT2D eigenvalue weighted by Crippen LogP contribution is -2.52. The first-order chi connectivity index (χ1) is 14.4. The molecule has 0 aromatic rings. The van der Waals surface area contributed by atoms with Crippen molar-refractivity contribution in [2.45, 2.75) is 12.8 Å². The predicted molar refractivity (Wildman–Crippen MR) is 110 cm³/mol. The van der Waals surface area contributed by atoms with Gasteiger partial charge in [0.05, 0.1) is 25.2 Å². The van der Waals surface area contributed by atoms with E-state index in [9.17, 15) is 9.59 Å². The van der Waals surface area contributed by atoms with Crippen molar-refractivity contribution in [3.63, 3.8) is 0 Å². The lowest BCUT2D eigenvalue weighted by molar-refractivity contribution is -0.150. The summed E-state index contributed by atoms with van der Waals surface area (Å²) in [5.41, 5.74) is 0. The molecule has 0 heterocycles. The van der Waals surface area contributed by atoms with E-state index in [2.05, 4.69) is 10.6 Å². The van der Waals surface area contributed by atoms with E-state index in [4.69, 9.17) is 36.0 Å². The van der Waals surface area contributed by atoms with Crippen LogP contribution in [-0.4, -0.2) is 111 Å². The highest BCUT2D eigenvalue weighted by molar-refractivity contribution is 6.61. The van der Waals surface area contributed by atoms with Crippen LogP contribution >= 0.6 is 0 Å². The summed E-state index contributed by atoms with van der Waals surface area (Å²) >= 11 is 0. The highest BCUT2D eigenvalue weighted by Crippen LogP contribution is 2.04. The van der Waals surface area contributed by atoms with Crippen LogP contribution in [0.25, 0.3) is 0 Å². The van der Waals surface area contributed by atoms with Crippen molar-refractivity contribution in [3.8, 4) is 0 Å². The first kappa shape index (κ1) is 29.1. The molecule has 30 heavy (non-hydrogen) atoms. The van der Waals surface area contributed by atoms with Crippen molar-refractivity contribution >= 4 is 29.5 Å². The van der Waals surface area contributed by atoms with Gasteiger partial charge >= 0.3 is 29.5 Å². The van der Waals surface area contributed by atoms with E-state index in [0.717, 1.165) is 0 Å². The summed E-state index contributed by atoms with van der Waals surface area (Å²) in [6.45, 7) is 1.12. The van der Waals surface area contributed by atoms with E-state index in [1.54, 1.807) is 0 Å². The summed E-state index contributed by atoms with van der Waals surface area (Å²) in [5, 5.41) is 6.10. The van der Waals surface area contributed by atoms with Gasteiger partial charge in [-0.05, 0) is 0 Å². The van der Waals surface area contributed by atoms with Crippen molar-refractivity contribution in [3.05, 3.63) is 0 Å². The second-order valence-corrected chi connectivity index (χ2v) is 11.8. The summed E-state index contributed by atoms with van der Waals surface area (Å²) in [7, 11) is 3.71.